The Morgan fingerprint density at radius 1 is 1.00 bits per heavy atom. The number of carbonyl (C=O) groups is 2. The maximum Gasteiger partial charge on any atom is 0.407 e. The predicted octanol–water partition coefficient (Wildman–Crippen LogP) is 2.14. The molecule has 0 atom stereocenters. The Bertz CT molecular complexity index is 573. The van der Waals surface area contributed by atoms with Crippen molar-refractivity contribution >= 4 is 22.1 Å². The van der Waals surface area contributed by atoms with Crippen LogP contribution in [-0.2, 0) is 24.3 Å². The van der Waals surface area contributed by atoms with E-state index in [1.165, 1.54) is 0 Å². The fourth-order valence-corrected chi connectivity index (χ4v) is 3.68. The third-order valence-corrected chi connectivity index (χ3v) is 4.88. The van der Waals surface area contributed by atoms with Gasteiger partial charge in [0.05, 0.1) is 5.75 Å². The molecule has 0 saturated heterocycles. The van der Waals surface area contributed by atoms with Crippen LogP contribution >= 0.6 is 0 Å². The predicted molar refractivity (Wildman–Crippen MR) is 100 cm³/mol. The third kappa shape index (κ3) is 12.1. The number of hydrogen-bond donors (Lipinski definition) is 1. The van der Waals surface area contributed by atoms with E-state index >= 15 is 0 Å². The number of carbonyl (C=O) groups excluding carboxylic acids is 2. The van der Waals surface area contributed by atoms with Crippen LogP contribution in [0.25, 0.3) is 0 Å². The minimum absolute atomic E-state index is 0.0229. The second-order valence-corrected chi connectivity index (χ2v) is 10.5. The van der Waals surface area contributed by atoms with E-state index < -0.39 is 39.8 Å². The molecule has 0 heterocycles. The Labute approximate surface area is 157 Å². The summed E-state index contributed by atoms with van der Waals surface area (Å²) < 4.78 is 36.4. The van der Waals surface area contributed by atoms with Crippen molar-refractivity contribution in [2.45, 2.75) is 66.6 Å². The van der Waals surface area contributed by atoms with Gasteiger partial charge >= 0.3 is 12.1 Å². The van der Waals surface area contributed by atoms with Crippen LogP contribution in [0.2, 0.25) is 0 Å². The largest absolute Gasteiger partial charge is 0.459 e. The highest BCUT2D eigenvalue weighted by Gasteiger charge is 2.28. The minimum Gasteiger partial charge on any atom is -0.459 e. The Kier molecular flexibility index (Phi) is 9.05. The van der Waals surface area contributed by atoms with Gasteiger partial charge in [-0.2, -0.15) is 4.31 Å². The lowest BCUT2D eigenvalue weighted by molar-refractivity contribution is -0.154. The number of nitrogens with zero attached hydrogens (tertiary/aromatic N) is 1. The van der Waals surface area contributed by atoms with Crippen molar-refractivity contribution in [1.82, 2.24) is 9.62 Å². The second-order valence-electron chi connectivity index (χ2n) is 8.52. The van der Waals surface area contributed by atoms with Crippen molar-refractivity contribution in [3.8, 4) is 0 Å². The van der Waals surface area contributed by atoms with Crippen LogP contribution in [0, 0.1) is 5.92 Å². The number of esters is 1. The van der Waals surface area contributed by atoms with Crippen molar-refractivity contribution < 1.29 is 27.5 Å². The molecule has 0 aromatic heterocycles. The minimum atomic E-state index is -3.66. The van der Waals surface area contributed by atoms with E-state index in [-0.39, 0.29) is 24.8 Å². The maximum atomic E-state index is 12.5. The molecule has 0 fully saturated rings. The molecule has 1 N–H and O–H groups in total. The number of alkyl carbamates (subject to hydrolysis) is 1. The summed E-state index contributed by atoms with van der Waals surface area (Å²) in [6.45, 7) is 13.5. The summed E-state index contributed by atoms with van der Waals surface area (Å²) in [5.74, 6) is -0.829. The van der Waals surface area contributed by atoms with Gasteiger partial charge in [-0.3, -0.25) is 4.79 Å². The van der Waals surface area contributed by atoms with Crippen molar-refractivity contribution in [1.29, 1.82) is 0 Å². The highest BCUT2D eigenvalue weighted by atomic mass is 32.2. The molecule has 0 rings (SSSR count). The number of nitrogens with one attached hydrogen (secondary N) is 1. The molecule has 0 aromatic rings. The monoisotopic (exact) mass is 394 g/mol. The van der Waals surface area contributed by atoms with Crippen LogP contribution in [0.5, 0.6) is 0 Å². The summed E-state index contributed by atoms with van der Waals surface area (Å²) in [4.78, 5) is 23.7. The molecule has 0 aliphatic heterocycles. The van der Waals surface area contributed by atoms with Gasteiger partial charge in [-0.1, -0.05) is 13.8 Å². The lowest BCUT2D eigenvalue weighted by Crippen LogP contribution is -2.44. The molecular weight excluding hydrogens is 360 g/mol. The van der Waals surface area contributed by atoms with Gasteiger partial charge in [-0.05, 0) is 47.5 Å². The standard InChI is InChI=1S/C17H34N2O6S/c1-13(2)12-26(22,23)19(11-14(20)24-16(3,4)5)10-9-18-15(21)25-17(6,7)8/h13H,9-12H2,1-8H3,(H,18,21). The first-order valence-electron chi connectivity index (χ1n) is 8.68. The van der Waals surface area contributed by atoms with Gasteiger partial charge in [0.2, 0.25) is 10.0 Å². The second kappa shape index (κ2) is 9.55. The summed E-state index contributed by atoms with van der Waals surface area (Å²) in [6.07, 6.45) is -0.643. The van der Waals surface area contributed by atoms with Crippen LogP contribution in [0.4, 0.5) is 4.79 Å². The molecule has 0 spiro atoms. The van der Waals surface area contributed by atoms with Crippen molar-refractivity contribution in [2.75, 3.05) is 25.4 Å². The lowest BCUT2D eigenvalue weighted by Gasteiger charge is -2.26. The van der Waals surface area contributed by atoms with Gasteiger partial charge < -0.3 is 14.8 Å². The van der Waals surface area contributed by atoms with E-state index in [9.17, 15) is 18.0 Å². The maximum absolute atomic E-state index is 12.5. The average molecular weight is 395 g/mol. The summed E-state index contributed by atoms with van der Waals surface area (Å²) in [7, 11) is -3.66. The molecule has 0 bridgehead atoms. The van der Waals surface area contributed by atoms with E-state index in [1.54, 1.807) is 55.4 Å². The molecule has 0 aliphatic carbocycles. The highest BCUT2D eigenvalue weighted by molar-refractivity contribution is 7.89. The first-order chi connectivity index (χ1) is 11.5. The summed E-state index contributed by atoms with van der Waals surface area (Å²) in [5, 5.41) is 2.50. The highest BCUT2D eigenvalue weighted by Crippen LogP contribution is 2.11. The topological polar surface area (TPSA) is 102 Å². The molecule has 1 amide bonds. The number of amides is 1. The number of sulfonamides is 1. The molecule has 9 heteroatoms. The van der Waals surface area contributed by atoms with Crippen molar-refractivity contribution in [3.63, 3.8) is 0 Å². The SMILES string of the molecule is CC(C)CS(=O)(=O)N(CCNC(=O)OC(C)(C)C)CC(=O)OC(C)(C)C. The zero-order chi connectivity index (χ0) is 20.8. The first kappa shape index (κ1) is 24.7. The van der Waals surface area contributed by atoms with E-state index in [0.29, 0.717) is 0 Å². The van der Waals surface area contributed by atoms with Gasteiger partial charge in [0.25, 0.3) is 0 Å². The Morgan fingerprint density at radius 2 is 1.50 bits per heavy atom. The van der Waals surface area contributed by atoms with Crippen LogP contribution in [0.3, 0.4) is 0 Å². The van der Waals surface area contributed by atoms with Gasteiger partial charge in [-0.15, -0.1) is 0 Å². The molecule has 154 valence electrons. The Balaban J connectivity index is 4.95. The molecule has 0 aromatic carbocycles. The number of rotatable bonds is 8. The van der Waals surface area contributed by atoms with Crippen molar-refractivity contribution in [3.05, 3.63) is 0 Å². The van der Waals surface area contributed by atoms with Gasteiger partial charge in [0.1, 0.15) is 17.7 Å². The summed E-state index contributed by atoms with van der Waals surface area (Å²) >= 11 is 0. The molecule has 0 saturated carbocycles. The first-order valence-corrected chi connectivity index (χ1v) is 10.3. The number of hydrogen-bond acceptors (Lipinski definition) is 6. The van der Waals surface area contributed by atoms with E-state index in [1.807, 2.05) is 0 Å². The molecule has 0 radical (unpaired) electrons. The van der Waals surface area contributed by atoms with Crippen LogP contribution in [0.15, 0.2) is 0 Å². The quantitative estimate of drug-likeness (QED) is 0.633. The normalized spacial score (nSPS) is 13.0. The molecule has 26 heavy (non-hydrogen) atoms. The summed E-state index contributed by atoms with van der Waals surface area (Å²) in [6, 6.07) is 0. The third-order valence-electron chi connectivity index (χ3n) is 2.69. The van der Waals surface area contributed by atoms with Crippen LogP contribution in [0.1, 0.15) is 55.4 Å². The lowest BCUT2D eigenvalue weighted by atomic mass is 10.2. The Morgan fingerprint density at radius 3 is 1.92 bits per heavy atom. The van der Waals surface area contributed by atoms with Crippen molar-refractivity contribution in [2.24, 2.45) is 5.92 Å². The molecular formula is C17H34N2O6S. The van der Waals surface area contributed by atoms with Gasteiger partial charge in [0.15, 0.2) is 0 Å². The zero-order valence-corrected chi connectivity index (χ0v) is 18.0. The van der Waals surface area contributed by atoms with Gasteiger partial charge in [0, 0.05) is 13.1 Å². The van der Waals surface area contributed by atoms with Crippen LogP contribution < -0.4 is 5.32 Å². The smallest absolute Gasteiger partial charge is 0.407 e. The Hall–Kier alpha value is -1.35. The van der Waals surface area contributed by atoms with E-state index in [2.05, 4.69) is 5.32 Å². The molecule has 8 nitrogen and oxygen atoms in total. The fraction of sp³-hybridized carbons (Fsp3) is 0.882. The van der Waals surface area contributed by atoms with E-state index in [4.69, 9.17) is 9.47 Å². The molecule has 0 unspecified atom stereocenters. The average Bonchev–Trinajstić information content (AvgIpc) is 2.31. The van der Waals surface area contributed by atoms with Crippen LogP contribution in [-0.4, -0.2) is 61.4 Å². The van der Waals surface area contributed by atoms with E-state index in [0.717, 1.165) is 4.31 Å². The van der Waals surface area contributed by atoms with Gasteiger partial charge in [-0.25, -0.2) is 13.2 Å². The fourth-order valence-electron chi connectivity index (χ4n) is 1.96. The molecule has 0 aliphatic rings. The zero-order valence-electron chi connectivity index (χ0n) is 17.2. The summed E-state index contributed by atoms with van der Waals surface area (Å²) in [5.41, 5.74) is -1.36. The number of ether oxygens (including phenoxy) is 2.